The third-order valence-electron chi connectivity index (χ3n) is 10.3. The van der Waals surface area contributed by atoms with Gasteiger partial charge in [0.25, 0.3) is 5.91 Å². The van der Waals surface area contributed by atoms with Crippen LogP contribution < -0.4 is 10.6 Å². The normalized spacial score (nSPS) is 29.0. The fourth-order valence-electron chi connectivity index (χ4n) is 7.68. The molecule has 266 valence electrons. The molecule has 2 aromatic carbocycles. The second kappa shape index (κ2) is 13.9. The minimum atomic E-state index is -1.48. The lowest BCUT2D eigenvalue weighted by atomic mass is 9.93. The van der Waals surface area contributed by atoms with Crippen molar-refractivity contribution in [3.8, 4) is 11.1 Å². The van der Waals surface area contributed by atoms with Gasteiger partial charge in [0, 0.05) is 48.5 Å². The first-order valence-corrected chi connectivity index (χ1v) is 17.4. The standard InChI is InChI=1S/C38H45FN4O7/c1-37(2,3)50-36(49)40-30-17-8-6-4-5-7-14-26-19-38(26,35(47)48)41-32(44)31-28-22-42(20-25(28)21-43(31)34(30)46)33(45)24-13-11-12-23(18-24)27-15-9-10-16-29(27)39/h7,9-16,18,25-26,28,30-31H,4-6,8,17,19-22H2,1-3H3,(H,40,49)(H,41,44)(H,47,48)/b14-7-/t25-,26-,28-,30+,31-,38+/m0/s1. The highest BCUT2D eigenvalue weighted by atomic mass is 19.1. The fourth-order valence-corrected chi connectivity index (χ4v) is 7.68. The quantitative estimate of drug-likeness (QED) is 0.393. The number of carboxylic acid groups (broad SMARTS) is 1. The summed E-state index contributed by atoms with van der Waals surface area (Å²) in [6.45, 7) is 5.76. The largest absolute Gasteiger partial charge is 0.479 e. The molecule has 3 N–H and O–H groups in total. The Morgan fingerprint density at radius 2 is 1.80 bits per heavy atom. The number of carboxylic acids is 1. The zero-order valence-electron chi connectivity index (χ0n) is 28.7. The zero-order chi connectivity index (χ0) is 35.8. The Morgan fingerprint density at radius 1 is 1.02 bits per heavy atom. The molecule has 4 amide bonds. The van der Waals surface area contributed by atoms with E-state index in [0.717, 1.165) is 19.3 Å². The van der Waals surface area contributed by atoms with Crippen LogP contribution in [0.5, 0.6) is 0 Å². The minimum Gasteiger partial charge on any atom is -0.479 e. The molecule has 4 aliphatic rings. The van der Waals surface area contributed by atoms with Gasteiger partial charge in [0.05, 0.1) is 0 Å². The molecule has 2 aromatic rings. The van der Waals surface area contributed by atoms with Gasteiger partial charge in [-0.2, -0.15) is 0 Å². The van der Waals surface area contributed by atoms with Crippen LogP contribution in [0.4, 0.5) is 9.18 Å². The van der Waals surface area contributed by atoms with E-state index in [-0.39, 0.29) is 43.8 Å². The molecule has 0 bridgehead atoms. The number of ether oxygens (including phenoxy) is 1. The highest BCUT2D eigenvalue weighted by Gasteiger charge is 2.62. The topological polar surface area (TPSA) is 145 Å². The van der Waals surface area contributed by atoms with Gasteiger partial charge >= 0.3 is 12.1 Å². The number of fused-ring (bicyclic) bond motifs is 4. The minimum absolute atomic E-state index is 0.149. The summed E-state index contributed by atoms with van der Waals surface area (Å²) in [6, 6.07) is 11.1. The van der Waals surface area contributed by atoms with Gasteiger partial charge in [-0.15, -0.1) is 0 Å². The van der Waals surface area contributed by atoms with Crippen LogP contribution in [0, 0.1) is 23.6 Å². The first-order chi connectivity index (χ1) is 23.8. The molecule has 0 unspecified atom stereocenters. The molecule has 0 aromatic heterocycles. The van der Waals surface area contributed by atoms with E-state index in [1.54, 1.807) is 68.1 Å². The van der Waals surface area contributed by atoms with Crippen LogP contribution in [-0.2, 0) is 19.1 Å². The molecule has 3 heterocycles. The number of benzene rings is 2. The van der Waals surface area contributed by atoms with E-state index in [1.165, 1.54) is 11.0 Å². The molecule has 2 saturated heterocycles. The first kappa shape index (κ1) is 35.1. The third-order valence-corrected chi connectivity index (χ3v) is 10.3. The fraction of sp³-hybridized carbons (Fsp3) is 0.500. The van der Waals surface area contributed by atoms with Crippen LogP contribution in [-0.4, -0.2) is 87.5 Å². The van der Waals surface area contributed by atoms with E-state index in [4.69, 9.17) is 4.74 Å². The number of carbonyl (C=O) groups excluding carboxylic acids is 4. The number of likely N-dealkylation sites (tertiary alicyclic amines) is 1. The van der Waals surface area contributed by atoms with Crippen LogP contribution in [0.2, 0.25) is 0 Å². The van der Waals surface area contributed by atoms with Gasteiger partial charge in [-0.25, -0.2) is 14.0 Å². The maximum atomic E-state index is 14.6. The zero-order valence-corrected chi connectivity index (χ0v) is 28.7. The Morgan fingerprint density at radius 3 is 2.54 bits per heavy atom. The van der Waals surface area contributed by atoms with Gasteiger partial charge in [-0.05, 0) is 70.2 Å². The summed E-state index contributed by atoms with van der Waals surface area (Å²) in [6.07, 6.45) is 6.63. The van der Waals surface area contributed by atoms with Crippen molar-refractivity contribution in [2.45, 2.75) is 82.5 Å². The number of nitrogens with zero attached hydrogens (tertiary/aromatic N) is 2. The summed E-state index contributed by atoms with van der Waals surface area (Å²) in [5.74, 6) is -3.98. The second-order valence-corrected chi connectivity index (χ2v) is 15.0. The van der Waals surface area contributed by atoms with E-state index in [0.29, 0.717) is 29.5 Å². The van der Waals surface area contributed by atoms with Gasteiger partial charge in [-0.3, -0.25) is 14.4 Å². The van der Waals surface area contributed by atoms with Gasteiger partial charge < -0.3 is 30.3 Å². The molecule has 1 saturated carbocycles. The van der Waals surface area contributed by atoms with Gasteiger partial charge in [0.2, 0.25) is 11.8 Å². The van der Waals surface area contributed by atoms with Crippen molar-refractivity contribution in [1.29, 1.82) is 0 Å². The monoisotopic (exact) mass is 688 g/mol. The van der Waals surface area contributed by atoms with Crippen molar-refractivity contribution >= 4 is 29.8 Å². The molecule has 1 aliphatic carbocycles. The highest BCUT2D eigenvalue weighted by molar-refractivity contribution is 5.98. The number of halogens is 1. The van der Waals surface area contributed by atoms with Gasteiger partial charge in [0.1, 0.15) is 29.0 Å². The Kier molecular flexibility index (Phi) is 9.74. The SMILES string of the molecule is CC(C)(C)OC(=O)N[C@@H]1CCCCC/C=C\[C@H]2C[C@@]2(C(=O)O)NC(=O)[C@@H]2[C@H]3CN(C(=O)c4cccc(-c5ccccc5F)c4)C[C@H]3CN2C1=O. The van der Waals surface area contributed by atoms with Crippen LogP contribution >= 0.6 is 0 Å². The Hall–Kier alpha value is -4.74. The third kappa shape index (κ3) is 7.25. The summed E-state index contributed by atoms with van der Waals surface area (Å²) in [5, 5.41) is 15.8. The van der Waals surface area contributed by atoms with Gasteiger partial charge in [-0.1, -0.05) is 55.3 Å². The predicted octanol–water partition coefficient (Wildman–Crippen LogP) is 4.76. The molecule has 6 rings (SSSR count). The number of amides is 4. The summed E-state index contributed by atoms with van der Waals surface area (Å²) in [5.41, 5.74) is -0.970. The van der Waals surface area contributed by atoms with Crippen molar-refractivity contribution in [2.24, 2.45) is 17.8 Å². The number of carbonyl (C=O) groups is 5. The summed E-state index contributed by atoms with van der Waals surface area (Å²) in [7, 11) is 0. The van der Waals surface area contributed by atoms with Crippen LogP contribution in [0.15, 0.2) is 60.7 Å². The molecule has 0 radical (unpaired) electrons. The predicted molar refractivity (Wildman–Crippen MR) is 182 cm³/mol. The molecule has 50 heavy (non-hydrogen) atoms. The van der Waals surface area contributed by atoms with Crippen LogP contribution in [0.3, 0.4) is 0 Å². The maximum Gasteiger partial charge on any atom is 0.408 e. The molecule has 3 aliphatic heterocycles. The van der Waals surface area contributed by atoms with Crippen molar-refractivity contribution in [3.63, 3.8) is 0 Å². The number of aliphatic carboxylic acids is 1. The molecular formula is C38H45FN4O7. The van der Waals surface area contributed by atoms with E-state index in [1.807, 2.05) is 12.2 Å². The van der Waals surface area contributed by atoms with Crippen LogP contribution in [0.1, 0.15) is 69.7 Å². The summed E-state index contributed by atoms with van der Waals surface area (Å²) in [4.78, 5) is 70.9. The first-order valence-electron chi connectivity index (χ1n) is 17.4. The Labute approximate surface area is 291 Å². The number of nitrogens with one attached hydrogen (secondary N) is 2. The average molecular weight is 689 g/mol. The van der Waals surface area contributed by atoms with Crippen molar-refractivity contribution in [1.82, 2.24) is 20.4 Å². The highest BCUT2D eigenvalue weighted by Crippen LogP contribution is 2.46. The lowest BCUT2D eigenvalue weighted by Gasteiger charge is -2.33. The molecule has 12 heteroatoms. The van der Waals surface area contributed by atoms with E-state index >= 15 is 0 Å². The van der Waals surface area contributed by atoms with Gasteiger partial charge in [0.15, 0.2) is 0 Å². The van der Waals surface area contributed by atoms with Crippen molar-refractivity contribution in [3.05, 3.63) is 72.1 Å². The van der Waals surface area contributed by atoms with Crippen LogP contribution in [0.25, 0.3) is 11.1 Å². The number of rotatable bonds is 4. The second-order valence-electron chi connectivity index (χ2n) is 15.0. The van der Waals surface area contributed by atoms with E-state index in [9.17, 15) is 33.5 Å². The Bertz CT molecular complexity index is 1710. The lowest BCUT2D eigenvalue weighted by molar-refractivity contribution is -0.146. The summed E-state index contributed by atoms with van der Waals surface area (Å²) >= 11 is 0. The number of alkyl carbamates (subject to hydrolysis) is 1. The smallest absolute Gasteiger partial charge is 0.408 e. The lowest BCUT2D eigenvalue weighted by Crippen LogP contribution is -2.58. The molecule has 11 nitrogen and oxygen atoms in total. The van der Waals surface area contributed by atoms with Crippen molar-refractivity contribution < 1.29 is 38.2 Å². The van der Waals surface area contributed by atoms with E-state index in [2.05, 4.69) is 10.6 Å². The average Bonchev–Trinajstić information content (AvgIpc) is 3.41. The number of hydrogen-bond donors (Lipinski definition) is 3. The molecular weight excluding hydrogens is 643 g/mol. The number of allylic oxidation sites excluding steroid dienone is 1. The summed E-state index contributed by atoms with van der Waals surface area (Å²) < 4.78 is 20.0. The molecule has 3 fully saturated rings. The van der Waals surface area contributed by atoms with E-state index < -0.39 is 58.8 Å². The maximum absolute atomic E-state index is 14.6. The number of hydrogen-bond acceptors (Lipinski definition) is 6. The Balaban J connectivity index is 1.28. The molecule has 6 atom stereocenters. The molecule has 0 spiro atoms. The van der Waals surface area contributed by atoms with Crippen molar-refractivity contribution in [2.75, 3.05) is 19.6 Å².